The van der Waals surface area contributed by atoms with Crippen molar-refractivity contribution >= 4 is 0 Å². The highest BCUT2D eigenvalue weighted by atomic mass is 16.7. The maximum atomic E-state index is 10.0. The summed E-state index contributed by atoms with van der Waals surface area (Å²) in [5, 5.41) is 28.9. The fraction of sp³-hybridized carbons (Fsp3) is 1.00. The van der Waals surface area contributed by atoms with Gasteiger partial charge in [0.25, 0.3) is 0 Å². The first kappa shape index (κ1) is 15.8. The van der Waals surface area contributed by atoms with E-state index in [9.17, 15) is 10.2 Å². The van der Waals surface area contributed by atoms with Gasteiger partial charge in [-0.3, -0.25) is 0 Å². The molecule has 1 saturated heterocycles. The van der Waals surface area contributed by atoms with Gasteiger partial charge in [-0.1, -0.05) is 0 Å². The molecular weight excluding hydrogens is 240 g/mol. The molecule has 5 atom stereocenters. The summed E-state index contributed by atoms with van der Waals surface area (Å²) in [5.41, 5.74) is 0. The highest BCUT2D eigenvalue weighted by Gasteiger charge is 2.46. The Kier molecular flexibility index (Phi) is 5.97. The molecule has 0 saturated carbocycles. The van der Waals surface area contributed by atoms with Crippen LogP contribution in [0.15, 0.2) is 0 Å². The van der Waals surface area contributed by atoms with Crippen LogP contribution in [0, 0.1) is 0 Å². The van der Waals surface area contributed by atoms with Crippen molar-refractivity contribution in [2.24, 2.45) is 0 Å². The van der Waals surface area contributed by atoms with Crippen LogP contribution in [-0.2, 0) is 14.2 Å². The molecule has 0 aliphatic carbocycles. The first-order valence-corrected chi connectivity index (χ1v) is 6.30. The smallest absolute Gasteiger partial charge is 0.187 e. The van der Waals surface area contributed by atoms with Crippen molar-refractivity contribution in [3.8, 4) is 0 Å². The molecule has 0 aromatic heterocycles. The second-order valence-electron chi connectivity index (χ2n) is 5.04. The van der Waals surface area contributed by atoms with Crippen molar-refractivity contribution in [3.05, 3.63) is 0 Å². The van der Waals surface area contributed by atoms with Gasteiger partial charge in [0.15, 0.2) is 6.29 Å². The zero-order valence-corrected chi connectivity index (χ0v) is 11.3. The molecule has 1 aliphatic heterocycles. The second kappa shape index (κ2) is 6.79. The molecular formula is C12H24O6. The summed E-state index contributed by atoms with van der Waals surface area (Å²) in [5.74, 6) is 0. The summed E-state index contributed by atoms with van der Waals surface area (Å²) in [6, 6.07) is 0. The number of ether oxygens (including phenoxy) is 3. The van der Waals surface area contributed by atoms with Crippen LogP contribution in [0.3, 0.4) is 0 Å². The normalized spacial score (nSPS) is 37.5. The van der Waals surface area contributed by atoms with Crippen molar-refractivity contribution in [3.63, 3.8) is 0 Å². The van der Waals surface area contributed by atoms with Crippen LogP contribution in [0.1, 0.15) is 27.7 Å². The molecule has 1 aliphatic rings. The minimum Gasteiger partial charge on any atom is -0.394 e. The van der Waals surface area contributed by atoms with Crippen molar-refractivity contribution in [1.82, 2.24) is 0 Å². The van der Waals surface area contributed by atoms with Crippen LogP contribution in [0.4, 0.5) is 0 Å². The third kappa shape index (κ3) is 3.88. The van der Waals surface area contributed by atoms with Gasteiger partial charge >= 0.3 is 0 Å². The molecule has 0 radical (unpaired) electrons. The quantitative estimate of drug-likeness (QED) is 0.629. The first-order chi connectivity index (χ1) is 8.36. The van der Waals surface area contributed by atoms with E-state index in [1.54, 1.807) is 0 Å². The van der Waals surface area contributed by atoms with E-state index in [2.05, 4.69) is 0 Å². The van der Waals surface area contributed by atoms with E-state index < -0.39 is 30.7 Å². The highest BCUT2D eigenvalue weighted by Crippen LogP contribution is 2.26. The van der Waals surface area contributed by atoms with Gasteiger partial charge in [-0.05, 0) is 27.7 Å². The standard InChI is InChI=1S/C12H24O6/c1-6(2)16-11-10(15)9(14)8(5-13)18-12(11)17-7(3)4/h6-15H,5H2,1-4H3. The number of hydrogen-bond donors (Lipinski definition) is 3. The molecule has 1 heterocycles. The number of aliphatic hydroxyl groups excluding tert-OH is 3. The van der Waals surface area contributed by atoms with Crippen molar-refractivity contribution in [1.29, 1.82) is 0 Å². The predicted molar refractivity (Wildman–Crippen MR) is 64.0 cm³/mol. The minimum absolute atomic E-state index is 0.116. The maximum Gasteiger partial charge on any atom is 0.187 e. The van der Waals surface area contributed by atoms with Gasteiger partial charge in [-0.15, -0.1) is 0 Å². The summed E-state index contributed by atoms with van der Waals surface area (Å²) < 4.78 is 16.5. The fourth-order valence-corrected chi connectivity index (χ4v) is 1.89. The van der Waals surface area contributed by atoms with Crippen LogP contribution < -0.4 is 0 Å². The number of hydrogen-bond acceptors (Lipinski definition) is 6. The largest absolute Gasteiger partial charge is 0.394 e. The van der Waals surface area contributed by atoms with Crippen LogP contribution in [0.2, 0.25) is 0 Å². The average Bonchev–Trinajstić information content (AvgIpc) is 2.27. The fourth-order valence-electron chi connectivity index (χ4n) is 1.89. The Labute approximate surface area is 107 Å². The molecule has 0 bridgehead atoms. The van der Waals surface area contributed by atoms with Crippen LogP contribution in [0.5, 0.6) is 0 Å². The van der Waals surface area contributed by atoms with E-state index in [0.717, 1.165) is 0 Å². The van der Waals surface area contributed by atoms with E-state index in [-0.39, 0.29) is 18.8 Å². The van der Waals surface area contributed by atoms with E-state index in [1.807, 2.05) is 27.7 Å². The molecule has 3 N–H and O–H groups in total. The van der Waals surface area contributed by atoms with Crippen LogP contribution in [-0.4, -0.2) is 64.8 Å². The molecule has 6 heteroatoms. The third-order valence-corrected chi connectivity index (χ3v) is 2.66. The van der Waals surface area contributed by atoms with Crippen LogP contribution in [0.25, 0.3) is 0 Å². The zero-order chi connectivity index (χ0) is 13.9. The molecule has 1 rings (SSSR count). The topological polar surface area (TPSA) is 88.4 Å². The molecule has 0 spiro atoms. The lowest BCUT2D eigenvalue weighted by Crippen LogP contribution is -2.60. The lowest BCUT2D eigenvalue weighted by molar-refractivity contribution is -0.321. The summed E-state index contributed by atoms with van der Waals surface area (Å²) in [4.78, 5) is 0. The lowest BCUT2D eigenvalue weighted by Gasteiger charge is -2.42. The maximum absolute atomic E-state index is 10.0. The summed E-state index contributed by atoms with van der Waals surface area (Å²) >= 11 is 0. The Morgan fingerprint density at radius 1 is 1.00 bits per heavy atom. The third-order valence-electron chi connectivity index (χ3n) is 2.66. The molecule has 18 heavy (non-hydrogen) atoms. The van der Waals surface area contributed by atoms with E-state index in [1.165, 1.54) is 0 Å². The number of aliphatic hydroxyl groups is 3. The Morgan fingerprint density at radius 2 is 1.56 bits per heavy atom. The lowest BCUT2D eigenvalue weighted by atomic mass is 9.99. The van der Waals surface area contributed by atoms with Crippen LogP contribution >= 0.6 is 0 Å². The summed E-state index contributed by atoms with van der Waals surface area (Å²) in [7, 11) is 0. The molecule has 0 amide bonds. The number of rotatable bonds is 5. The van der Waals surface area contributed by atoms with Gasteiger partial charge in [0.05, 0.1) is 18.8 Å². The van der Waals surface area contributed by atoms with Gasteiger partial charge in [-0.2, -0.15) is 0 Å². The van der Waals surface area contributed by atoms with E-state index in [0.29, 0.717) is 0 Å². The summed E-state index contributed by atoms with van der Waals surface area (Å²) in [6.45, 7) is 6.93. The van der Waals surface area contributed by atoms with E-state index >= 15 is 0 Å². The Bertz CT molecular complexity index is 245. The molecule has 5 unspecified atom stereocenters. The monoisotopic (exact) mass is 264 g/mol. The van der Waals surface area contributed by atoms with Gasteiger partial charge in [0.1, 0.15) is 24.4 Å². The van der Waals surface area contributed by atoms with Gasteiger partial charge < -0.3 is 29.5 Å². The van der Waals surface area contributed by atoms with Crippen molar-refractivity contribution < 1.29 is 29.5 Å². The Balaban J connectivity index is 2.79. The van der Waals surface area contributed by atoms with Gasteiger partial charge in [0.2, 0.25) is 0 Å². The SMILES string of the molecule is CC(C)OC1OC(CO)C(O)C(O)C1OC(C)C. The molecule has 6 nitrogen and oxygen atoms in total. The molecule has 0 aromatic rings. The van der Waals surface area contributed by atoms with Gasteiger partial charge in [0, 0.05) is 0 Å². The molecule has 108 valence electrons. The Hall–Kier alpha value is -0.240. The summed E-state index contributed by atoms with van der Waals surface area (Å²) in [6.07, 6.45) is -5.03. The zero-order valence-electron chi connectivity index (χ0n) is 11.3. The van der Waals surface area contributed by atoms with Gasteiger partial charge in [-0.25, -0.2) is 0 Å². The van der Waals surface area contributed by atoms with Crippen molar-refractivity contribution in [2.45, 2.75) is 70.6 Å². The second-order valence-corrected chi connectivity index (χ2v) is 5.04. The average molecular weight is 264 g/mol. The van der Waals surface area contributed by atoms with E-state index in [4.69, 9.17) is 19.3 Å². The minimum atomic E-state index is -1.19. The Morgan fingerprint density at radius 3 is 2.00 bits per heavy atom. The highest BCUT2D eigenvalue weighted by molar-refractivity contribution is 4.90. The molecule has 0 aromatic carbocycles. The van der Waals surface area contributed by atoms with Crippen molar-refractivity contribution in [2.75, 3.05) is 6.61 Å². The molecule has 1 fully saturated rings. The first-order valence-electron chi connectivity index (χ1n) is 6.30. The predicted octanol–water partition coefficient (Wildman–Crippen LogP) is -0.356.